The number of rotatable bonds is 3. The van der Waals surface area contributed by atoms with Gasteiger partial charge in [-0.15, -0.1) is 0 Å². The number of likely N-dealkylation sites (N-methyl/N-ethyl adjacent to an activating group) is 1. The molecule has 128 valence electrons. The van der Waals surface area contributed by atoms with Gasteiger partial charge in [-0.3, -0.25) is 4.79 Å². The molecule has 1 N–H and O–H groups in total. The van der Waals surface area contributed by atoms with E-state index in [9.17, 15) is 4.79 Å². The first-order chi connectivity index (χ1) is 11.6. The number of nitrogens with one attached hydrogen (secondary N) is 1. The highest BCUT2D eigenvalue weighted by molar-refractivity contribution is 9.10. The summed E-state index contributed by atoms with van der Waals surface area (Å²) in [6, 6.07) is 16.5. The van der Waals surface area contributed by atoms with Gasteiger partial charge in [0.05, 0.1) is 0 Å². The maximum absolute atomic E-state index is 10.9. The second-order valence-corrected chi connectivity index (χ2v) is 6.88. The third kappa shape index (κ3) is 5.77. The predicted molar refractivity (Wildman–Crippen MR) is 103 cm³/mol. The van der Waals surface area contributed by atoms with Crippen molar-refractivity contribution < 1.29 is 4.79 Å². The normalized spacial score (nSPS) is 13.5. The Kier molecular flexibility index (Phi) is 7.47. The zero-order valence-electron chi connectivity index (χ0n) is 14.4. The van der Waals surface area contributed by atoms with E-state index in [0.717, 1.165) is 13.0 Å². The molecule has 1 aliphatic heterocycles. The first-order valence-electron chi connectivity index (χ1n) is 8.29. The molecule has 0 saturated carbocycles. The molecule has 0 atom stereocenters. The number of amides is 1. The van der Waals surface area contributed by atoms with E-state index in [4.69, 9.17) is 0 Å². The molecule has 2 aromatic rings. The molecule has 0 unspecified atom stereocenters. The summed E-state index contributed by atoms with van der Waals surface area (Å²) < 4.78 is 1.27. The van der Waals surface area contributed by atoms with Crippen molar-refractivity contribution in [1.29, 1.82) is 0 Å². The predicted octanol–water partition coefficient (Wildman–Crippen LogP) is 3.80. The third-order valence-electron chi connectivity index (χ3n) is 4.16. The van der Waals surface area contributed by atoms with Crippen LogP contribution < -0.4 is 5.32 Å². The molecule has 0 spiro atoms. The molecule has 3 rings (SSSR count). The number of benzene rings is 2. The van der Waals surface area contributed by atoms with Crippen LogP contribution in [0.4, 0.5) is 0 Å². The zero-order chi connectivity index (χ0) is 17.4. The molecule has 0 saturated heterocycles. The van der Waals surface area contributed by atoms with Crippen LogP contribution >= 0.6 is 15.9 Å². The van der Waals surface area contributed by atoms with Crippen LogP contribution in [-0.4, -0.2) is 31.4 Å². The summed E-state index contributed by atoms with van der Waals surface area (Å²) in [5, 5.41) is 2.60. The summed E-state index contributed by atoms with van der Waals surface area (Å²) in [4.78, 5) is 13.2. The summed E-state index contributed by atoms with van der Waals surface area (Å²) in [5.41, 5.74) is 4.18. The molecular weight excluding hydrogens is 364 g/mol. The number of aryl methyl sites for hydroxylation is 1. The Morgan fingerprint density at radius 2 is 1.92 bits per heavy atom. The zero-order valence-corrected chi connectivity index (χ0v) is 16.0. The standard InChI is InChI=1S/C10H12BrN.C10H13NO/c1-12-6-5-9-8(7-12)3-2-4-10(9)11;1-11-10(12)8-7-9-5-3-2-4-6-9/h2-4H,5-7H2,1H3;2-6H,7-8H2,1H3,(H,11,12). The van der Waals surface area contributed by atoms with Crippen LogP contribution in [0, 0.1) is 0 Å². The second kappa shape index (κ2) is 9.60. The first kappa shape index (κ1) is 18.7. The van der Waals surface area contributed by atoms with Crippen LogP contribution in [0.1, 0.15) is 23.1 Å². The van der Waals surface area contributed by atoms with E-state index in [-0.39, 0.29) is 5.91 Å². The van der Waals surface area contributed by atoms with Crippen molar-refractivity contribution in [2.24, 2.45) is 0 Å². The maximum atomic E-state index is 10.9. The highest BCUT2D eigenvalue weighted by Gasteiger charge is 2.14. The van der Waals surface area contributed by atoms with Gasteiger partial charge in [0.25, 0.3) is 0 Å². The van der Waals surface area contributed by atoms with E-state index in [1.54, 1.807) is 7.05 Å². The van der Waals surface area contributed by atoms with Crippen LogP contribution in [0.3, 0.4) is 0 Å². The molecule has 0 aliphatic carbocycles. The van der Waals surface area contributed by atoms with Crippen molar-refractivity contribution in [3.63, 3.8) is 0 Å². The van der Waals surface area contributed by atoms with Gasteiger partial charge < -0.3 is 10.2 Å². The van der Waals surface area contributed by atoms with Gasteiger partial charge in [0.15, 0.2) is 0 Å². The second-order valence-electron chi connectivity index (χ2n) is 6.02. The van der Waals surface area contributed by atoms with E-state index < -0.39 is 0 Å². The Morgan fingerprint density at radius 3 is 2.62 bits per heavy atom. The average Bonchev–Trinajstić information content (AvgIpc) is 2.61. The van der Waals surface area contributed by atoms with E-state index >= 15 is 0 Å². The summed E-state index contributed by atoms with van der Waals surface area (Å²) >= 11 is 3.58. The van der Waals surface area contributed by atoms with Crippen LogP contribution in [-0.2, 0) is 24.2 Å². The van der Waals surface area contributed by atoms with Gasteiger partial charge in [0.2, 0.25) is 5.91 Å². The number of hydrogen-bond donors (Lipinski definition) is 1. The Bertz CT molecular complexity index is 658. The van der Waals surface area contributed by atoms with Gasteiger partial charge in [-0.2, -0.15) is 0 Å². The smallest absolute Gasteiger partial charge is 0.220 e. The molecular formula is C20H25BrN2O. The summed E-state index contributed by atoms with van der Waals surface area (Å²) in [7, 11) is 3.83. The number of carbonyl (C=O) groups excluding carboxylic acids is 1. The molecule has 0 radical (unpaired) electrons. The lowest BCUT2D eigenvalue weighted by atomic mass is 10.0. The lowest BCUT2D eigenvalue weighted by Gasteiger charge is -2.25. The largest absolute Gasteiger partial charge is 0.359 e. The highest BCUT2D eigenvalue weighted by Crippen LogP contribution is 2.25. The van der Waals surface area contributed by atoms with Crippen molar-refractivity contribution in [1.82, 2.24) is 10.2 Å². The molecule has 1 amide bonds. The fourth-order valence-electron chi connectivity index (χ4n) is 2.73. The molecule has 0 bridgehead atoms. The Hall–Kier alpha value is -1.65. The third-order valence-corrected chi connectivity index (χ3v) is 4.91. The SMILES string of the molecule is CN1CCc2c(Br)cccc2C1.CNC(=O)CCc1ccccc1. The van der Waals surface area contributed by atoms with Crippen molar-refractivity contribution in [2.75, 3.05) is 20.6 Å². The van der Waals surface area contributed by atoms with Gasteiger partial charge >= 0.3 is 0 Å². The molecule has 0 aromatic heterocycles. The Morgan fingerprint density at radius 1 is 1.17 bits per heavy atom. The number of nitrogens with zero attached hydrogens (tertiary/aromatic N) is 1. The Balaban J connectivity index is 0.000000174. The van der Waals surface area contributed by atoms with Gasteiger partial charge in [-0.1, -0.05) is 58.4 Å². The van der Waals surface area contributed by atoms with Crippen LogP contribution in [0.5, 0.6) is 0 Å². The quantitative estimate of drug-likeness (QED) is 0.866. The fraction of sp³-hybridized carbons (Fsp3) is 0.350. The van der Waals surface area contributed by atoms with E-state index in [1.807, 2.05) is 30.3 Å². The lowest BCUT2D eigenvalue weighted by Crippen LogP contribution is -2.26. The van der Waals surface area contributed by atoms with Crippen molar-refractivity contribution in [3.05, 3.63) is 69.7 Å². The minimum absolute atomic E-state index is 0.0962. The molecule has 3 nitrogen and oxygen atoms in total. The van der Waals surface area contributed by atoms with Crippen molar-refractivity contribution >= 4 is 21.8 Å². The topological polar surface area (TPSA) is 32.3 Å². The van der Waals surface area contributed by atoms with Gasteiger partial charge in [0.1, 0.15) is 0 Å². The van der Waals surface area contributed by atoms with Crippen molar-refractivity contribution in [2.45, 2.75) is 25.8 Å². The summed E-state index contributed by atoms with van der Waals surface area (Å²) in [6.07, 6.45) is 2.56. The van der Waals surface area contributed by atoms with Crippen LogP contribution in [0.2, 0.25) is 0 Å². The molecule has 4 heteroatoms. The minimum Gasteiger partial charge on any atom is -0.359 e. The van der Waals surface area contributed by atoms with E-state index in [0.29, 0.717) is 6.42 Å². The maximum Gasteiger partial charge on any atom is 0.220 e. The van der Waals surface area contributed by atoms with Gasteiger partial charge in [-0.05, 0) is 42.6 Å². The molecule has 0 fully saturated rings. The molecule has 1 aliphatic rings. The minimum atomic E-state index is 0.0962. The van der Waals surface area contributed by atoms with E-state index in [2.05, 4.69) is 51.4 Å². The van der Waals surface area contributed by atoms with Crippen LogP contribution in [0.15, 0.2) is 53.0 Å². The summed E-state index contributed by atoms with van der Waals surface area (Å²) in [6.45, 7) is 2.27. The number of hydrogen-bond acceptors (Lipinski definition) is 2. The number of fused-ring (bicyclic) bond motifs is 1. The lowest BCUT2D eigenvalue weighted by molar-refractivity contribution is -0.120. The van der Waals surface area contributed by atoms with Crippen LogP contribution in [0.25, 0.3) is 0 Å². The average molecular weight is 389 g/mol. The molecule has 24 heavy (non-hydrogen) atoms. The summed E-state index contributed by atoms with van der Waals surface area (Å²) in [5.74, 6) is 0.0962. The number of carbonyl (C=O) groups is 1. The molecule has 1 heterocycles. The highest BCUT2D eigenvalue weighted by atomic mass is 79.9. The monoisotopic (exact) mass is 388 g/mol. The fourth-order valence-corrected chi connectivity index (χ4v) is 3.34. The first-order valence-corrected chi connectivity index (χ1v) is 9.08. The molecule has 2 aromatic carbocycles. The Labute approximate surface area is 153 Å². The van der Waals surface area contributed by atoms with Gasteiger partial charge in [-0.25, -0.2) is 0 Å². The van der Waals surface area contributed by atoms with E-state index in [1.165, 1.54) is 34.1 Å². The van der Waals surface area contributed by atoms with Gasteiger partial charge in [0, 0.05) is 31.0 Å². The number of halogens is 1. The van der Waals surface area contributed by atoms with Crippen molar-refractivity contribution in [3.8, 4) is 0 Å².